The van der Waals surface area contributed by atoms with Gasteiger partial charge in [-0.3, -0.25) is 0 Å². The first-order valence-electron chi connectivity index (χ1n) is 4.87. The van der Waals surface area contributed by atoms with Crippen molar-refractivity contribution < 1.29 is 9.13 Å². The number of benzene rings is 1. The van der Waals surface area contributed by atoms with Crippen molar-refractivity contribution in [1.29, 1.82) is 0 Å². The molecule has 0 amide bonds. The molecule has 1 aromatic carbocycles. The predicted molar refractivity (Wildman–Crippen MR) is 54.2 cm³/mol. The Morgan fingerprint density at radius 1 is 1.50 bits per heavy atom. The van der Waals surface area contributed by atoms with Crippen molar-refractivity contribution in [3.05, 3.63) is 24.0 Å². The molecular weight excluding hydrogens is 181 g/mol. The first-order valence-corrected chi connectivity index (χ1v) is 4.87. The van der Waals surface area contributed by atoms with Crippen LogP contribution >= 0.6 is 0 Å². The van der Waals surface area contributed by atoms with Gasteiger partial charge in [0.15, 0.2) is 11.6 Å². The summed E-state index contributed by atoms with van der Waals surface area (Å²) in [7, 11) is 1.48. The van der Waals surface area contributed by atoms with E-state index in [0.717, 1.165) is 18.2 Å². The van der Waals surface area contributed by atoms with Gasteiger partial charge in [0.2, 0.25) is 0 Å². The molecule has 1 aromatic rings. The fourth-order valence-electron chi connectivity index (χ4n) is 1.35. The monoisotopic (exact) mass is 195 g/mol. The molecule has 1 aliphatic rings. The Labute approximate surface area is 83.1 Å². The molecule has 1 fully saturated rings. The minimum atomic E-state index is -0.315. The molecule has 3 heteroatoms. The fraction of sp³-hybridized carbons (Fsp3) is 0.455. The lowest BCUT2D eigenvalue weighted by Gasteiger charge is -2.07. The zero-order valence-corrected chi connectivity index (χ0v) is 8.22. The molecule has 0 spiro atoms. The van der Waals surface area contributed by atoms with Crippen LogP contribution in [0, 0.1) is 11.7 Å². The highest BCUT2D eigenvalue weighted by Crippen LogP contribution is 2.29. The maximum atomic E-state index is 13.0. The van der Waals surface area contributed by atoms with E-state index < -0.39 is 0 Å². The number of halogens is 1. The van der Waals surface area contributed by atoms with Crippen molar-refractivity contribution in [3.8, 4) is 5.75 Å². The molecule has 1 N–H and O–H groups in total. The second-order valence-electron chi connectivity index (χ2n) is 3.67. The predicted octanol–water partition coefficient (Wildman–Crippen LogP) is 2.66. The summed E-state index contributed by atoms with van der Waals surface area (Å²) in [5.74, 6) is 0.793. The van der Waals surface area contributed by atoms with Crippen LogP contribution in [0.3, 0.4) is 0 Å². The van der Waals surface area contributed by atoms with Crippen molar-refractivity contribution in [2.75, 3.05) is 19.0 Å². The Balaban J connectivity index is 2.01. The van der Waals surface area contributed by atoms with Crippen LogP contribution in [0.1, 0.15) is 12.8 Å². The highest BCUT2D eigenvalue weighted by molar-refractivity contribution is 5.48. The first kappa shape index (κ1) is 9.31. The normalized spacial score (nSPS) is 15.3. The number of methoxy groups -OCH3 is 1. The quantitative estimate of drug-likeness (QED) is 0.797. The summed E-state index contributed by atoms with van der Waals surface area (Å²) in [4.78, 5) is 0. The van der Waals surface area contributed by atoms with E-state index in [1.165, 1.54) is 26.0 Å². The van der Waals surface area contributed by atoms with Crippen LogP contribution in [0.25, 0.3) is 0 Å². The Morgan fingerprint density at radius 3 is 2.93 bits per heavy atom. The Morgan fingerprint density at radius 2 is 2.29 bits per heavy atom. The van der Waals surface area contributed by atoms with Crippen molar-refractivity contribution >= 4 is 5.69 Å². The molecule has 0 unspecified atom stereocenters. The molecule has 0 aliphatic heterocycles. The largest absolute Gasteiger partial charge is 0.494 e. The fourth-order valence-corrected chi connectivity index (χ4v) is 1.35. The lowest BCUT2D eigenvalue weighted by molar-refractivity contribution is 0.387. The molecule has 1 saturated carbocycles. The third-order valence-electron chi connectivity index (χ3n) is 2.44. The van der Waals surface area contributed by atoms with Gasteiger partial charge in [-0.1, -0.05) is 0 Å². The van der Waals surface area contributed by atoms with E-state index in [0.29, 0.717) is 5.75 Å². The first-order chi connectivity index (χ1) is 6.79. The van der Waals surface area contributed by atoms with Gasteiger partial charge in [-0.05, 0) is 30.9 Å². The molecule has 0 atom stereocenters. The van der Waals surface area contributed by atoms with Crippen LogP contribution in [-0.2, 0) is 0 Å². The van der Waals surface area contributed by atoms with Gasteiger partial charge in [0, 0.05) is 18.3 Å². The van der Waals surface area contributed by atoms with Gasteiger partial charge in [-0.25, -0.2) is 4.39 Å². The van der Waals surface area contributed by atoms with E-state index in [4.69, 9.17) is 4.74 Å². The molecule has 0 heterocycles. The SMILES string of the molecule is COc1cc(NCC2CC2)ccc1F. The smallest absolute Gasteiger partial charge is 0.165 e. The second kappa shape index (κ2) is 3.86. The van der Waals surface area contributed by atoms with Gasteiger partial charge >= 0.3 is 0 Å². The molecule has 0 radical (unpaired) electrons. The minimum Gasteiger partial charge on any atom is -0.494 e. The molecule has 0 saturated heterocycles. The molecule has 1 aliphatic carbocycles. The van der Waals surface area contributed by atoms with Gasteiger partial charge in [-0.15, -0.1) is 0 Å². The number of rotatable bonds is 4. The van der Waals surface area contributed by atoms with Crippen molar-refractivity contribution in [3.63, 3.8) is 0 Å². The molecule has 0 aromatic heterocycles. The third-order valence-corrected chi connectivity index (χ3v) is 2.44. The summed E-state index contributed by atoms with van der Waals surface area (Å²) >= 11 is 0. The van der Waals surface area contributed by atoms with Crippen molar-refractivity contribution in [1.82, 2.24) is 0 Å². The number of hydrogen-bond donors (Lipinski definition) is 1. The summed E-state index contributed by atoms with van der Waals surface area (Å²) in [6.45, 7) is 0.981. The zero-order valence-electron chi connectivity index (χ0n) is 8.22. The van der Waals surface area contributed by atoms with E-state index in [9.17, 15) is 4.39 Å². The number of ether oxygens (including phenoxy) is 1. The second-order valence-corrected chi connectivity index (χ2v) is 3.67. The molecule has 2 rings (SSSR count). The van der Waals surface area contributed by atoms with Gasteiger partial charge in [-0.2, -0.15) is 0 Å². The van der Waals surface area contributed by atoms with Crippen LogP contribution in [-0.4, -0.2) is 13.7 Å². The van der Waals surface area contributed by atoms with E-state index >= 15 is 0 Å². The van der Waals surface area contributed by atoms with Crippen LogP contribution < -0.4 is 10.1 Å². The zero-order chi connectivity index (χ0) is 9.97. The van der Waals surface area contributed by atoms with Gasteiger partial charge in [0.1, 0.15) is 0 Å². The van der Waals surface area contributed by atoms with Crippen molar-refractivity contribution in [2.45, 2.75) is 12.8 Å². The minimum absolute atomic E-state index is 0.297. The molecule has 14 heavy (non-hydrogen) atoms. The maximum absolute atomic E-state index is 13.0. The highest BCUT2D eigenvalue weighted by Gasteiger charge is 2.20. The lowest BCUT2D eigenvalue weighted by Crippen LogP contribution is -2.03. The van der Waals surface area contributed by atoms with E-state index in [1.807, 2.05) is 0 Å². The van der Waals surface area contributed by atoms with Crippen LogP contribution in [0.2, 0.25) is 0 Å². The average molecular weight is 195 g/mol. The molecular formula is C11H14FNO. The standard InChI is InChI=1S/C11H14FNO/c1-14-11-6-9(4-5-10(11)12)13-7-8-2-3-8/h4-6,8,13H,2-3,7H2,1H3. The lowest BCUT2D eigenvalue weighted by atomic mass is 10.2. The molecule has 0 bridgehead atoms. The van der Waals surface area contributed by atoms with Crippen molar-refractivity contribution in [2.24, 2.45) is 5.92 Å². The van der Waals surface area contributed by atoms with E-state index in [-0.39, 0.29) is 5.82 Å². The summed E-state index contributed by atoms with van der Waals surface area (Å²) < 4.78 is 17.9. The van der Waals surface area contributed by atoms with Crippen LogP contribution in [0.5, 0.6) is 5.75 Å². The third kappa shape index (κ3) is 2.16. The Kier molecular flexibility index (Phi) is 2.57. The summed E-state index contributed by atoms with van der Waals surface area (Å²) in [5.41, 5.74) is 0.926. The Bertz CT molecular complexity index is 323. The number of anilines is 1. The average Bonchev–Trinajstić information content (AvgIpc) is 3.00. The molecule has 2 nitrogen and oxygen atoms in total. The Hall–Kier alpha value is -1.25. The summed E-state index contributed by atoms with van der Waals surface area (Å²) in [6.07, 6.45) is 2.62. The van der Waals surface area contributed by atoms with Crippen LogP contribution in [0.4, 0.5) is 10.1 Å². The van der Waals surface area contributed by atoms with E-state index in [2.05, 4.69) is 5.32 Å². The van der Waals surface area contributed by atoms with Gasteiger partial charge < -0.3 is 10.1 Å². The number of nitrogens with one attached hydrogen (secondary N) is 1. The highest BCUT2D eigenvalue weighted by atomic mass is 19.1. The van der Waals surface area contributed by atoms with Crippen LogP contribution in [0.15, 0.2) is 18.2 Å². The summed E-state index contributed by atoms with van der Waals surface area (Å²) in [5, 5.41) is 3.26. The molecule has 76 valence electrons. The number of hydrogen-bond acceptors (Lipinski definition) is 2. The van der Waals surface area contributed by atoms with E-state index in [1.54, 1.807) is 12.1 Å². The maximum Gasteiger partial charge on any atom is 0.165 e. The summed E-state index contributed by atoms with van der Waals surface area (Å²) in [6, 6.07) is 4.85. The van der Waals surface area contributed by atoms with Gasteiger partial charge in [0.05, 0.1) is 7.11 Å². The van der Waals surface area contributed by atoms with Gasteiger partial charge in [0.25, 0.3) is 0 Å². The topological polar surface area (TPSA) is 21.3 Å².